The summed E-state index contributed by atoms with van der Waals surface area (Å²) in [5, 5.41) is 11.9. The van der Waals surface area contributed by atoms with Gasteiger partial charge in [0, 0.05) is 6.07 Å². The first kappa shape index (κ1) is 26.0. The molecule has 1 aliphatic heterocycles. The van der Waals surface area contributed by atoms with E-state index in [1.165, 1.54) is 23.1 Å². The summed E-state index contributed by atoms with van der Waals surface area (Å²) in [6.45, 7) is 0. The van der Waals surface area contributed by atoms with E-state index in [2.05, 4.69) is 0 Å². The largest absolute Gasteiger partial charge is 0.450 e. The van der Waals surface area contributed by atoms with Crippen LogP contribution < -0.4 is 9.64 Å². The van der Waals surface area contributed by atoms with Crippen LogP contribution in [-0.2, 0) is 11.0 Å². The van der Waals surface area contributed by atoms with Crippen molar-refractivity contribution >= 4 is 74.9 Å². The lowest BCUT2D eigenvalue weighted by Gasteiger charge is -2.15. The van der Waals surface area contributed by atoms with Crippen LogP contribution in [0, 0.1) is 10.1 Å². The van der Waals surface area contributed by atoms with Crippen LogP contribution in [-0.4, -0.2) is 15.2 Å². The second-order valence-electron chi connectivity index (χ2n) is 7.23. The molecular formula is C23H11Cl2F3N2O4S2. The van der Waals surface area contributed by atoms with Gasteiger partial charge in [0.2, 0.25) is 5.75 Å². The van der Waals surface area contributed by atoms with Crippen molar-refractivity contribution in [3.8, 4) is 11.5 Å². The molecule has 1 heterocycles. The Hall–Kier alpha value is -3.12. The normalized spacial score (nSPS) is 15.0. The lowest BCUT2D eigenvalue weighted by atomic mass is 10.1. The van der Waals surface area contributed by atoms with Crippen molar-refractivity contribution < 1.29 is 27.6 Å². The van der Waals surface area contributed by atoms with Crippen molar-refractivity contribution in [3.63, 3.8) is 0 Å². The average molecular weight is 571 g/mol. The fourth-order valence-corrected chi connectivity index (χ4v) is 4.77. The fourth-order valence-electron chi connectivity index (χ4n) is 3.18. The number of hydrogen-bond donors (Lipinski definition) is 0. The molecule has 1 aliphatic rings. The third-order valence-electron chi connectivity index (χ3n) is 4.82. The molecule has 3 aromatic rings. The minimum atomic E-state index is -4.74. The van der Waals surface area contributed by atoms with E-state index < -0.39 is 28.3 Å². The summed E-state index contributed by atoms with van der Waals surface area (Å²) in [5.41, 5.74) is -1.06. The van der Waals surface area contributed by atoms with Crippen LogP contribution in [0.1, 0.15) is 11.1 Å². The number of nitro groups is 1. The number of carbonyl (C=O) groups is 1. The minimum Gasteiger partial charge on any atom is -0.450 e. The Labute approximate surface area is 221 Å². The molecule has 0 radical (unpaired) electrons. The maximum absolute atomic E-state index is 13.0. The molecular weight excluding hydrogens is 560 g/mol. The van der Waals surface area contributed by atoms with Gasteiger partial charge in [-0.15, -0.1) is 0 Å². The van der Waals surface area contributed by atoms with E-state index in [-0.39, 0.29) is 20.8 Å². The molecule has 36 heavy (non-hydrogen) atoms. The first-order chi connectivity index (χ1) is 16.9. The highest BCUT2D eigenvalue weighted by Crippen LogP contribution is 2.40. The predicted molar refractivity (Wildman–Crippen MR) is 137 cm³/mol. The Kier molecular flexibility index (Phi) is 7.28. The van der Waals surface area contributed by atoms with Gasteiger partial charge >= 0.3 is 11.9 Å². The highest BCUT2D eigenvalue weighted by Gasteiger charge is 2.34. The van der Waals surface area contributed by atoms with Gasteiger partial charge in [0.15, 0.2) is 4.32 Å². The number of alkyl halides is 3. The Morgan fingerprint density at radius 2 is 1.81 bits per heavy atom. The van der Waals surface area contributed by atoms with Crippen molar-refractivity contribution in [3.05, 3.63) is 96.9 Å². The monoisotopic (exact) mass is 570 g/mol. The molecule has 4 rings (SSSR count). The lowest BCUT2D eigenvalue weighted by molar-refractivity contribution is -0.385. The van der Waals surface area contributed by atoms with Crippen LogP contribution in [0.2, 0.25) is 10.0 Å². The summed E-state index contributed by atoms with van der Waals surface area (Å²) in [4.78, 5) is 25.0. The average Bonchev–Trinajstić information content (AvgIpc) is 3.08. The molecule has 1 fully saturated rings. The first-order valence-electron chi connectivity index (χ1n) is 9.80. The predicted octanol–water partition coefficient (Wildman–Crippen LogP) is 8.12. The smallest absolute Gasteiger partial charge is 0.416 e. The molecule has 0 bridgehead atoms. The number of halogens is 5. The number of hydrogen-bond acceptors (Lipinski definition) is 6. The molecule has 0 aromatic heterocycles. The van der Waals surface area contributed by atoms with E-state index in [9.17, 15) is 28.1 Å². The molecule has 0 N–H and O–H groups in total. The van der Waals surface area contributed by atoms with E-state index in [1.54, 1.807) is 30.3 Å². The van der Waals surface area contributed by atoms with E-state index in [0.717, 1.165) is 17.8 Å². The summed E-state index contributed by atoms with van der Waals surface area (Å²) < 4.78 is 44.6. The van der Waals surface area contributed by atoms with Gasteiger partial charge in [-0.1, -0.05) is 59.3 Å². The van der Waals surface area contributed by atoms with Crippen molar-refractivity contribution in [2.75, 3.05) is 4.90 Å². The summed E-state index contributed by atoms with van der Waals surface area (Å²) in [6, 6.07) is 12.8. The molecule has 6 nitrogen and oxygen atoms in total. The van der Waals surface area contributed by atoms with Gasteiger partial charge < -0.3 is 4.74 Å². The third kappa shape index (κ3) is 5.49. The van der Waals surface area contributed by atoms with Gasteiger partial charge in [-0.05, 0) is 54.1 Å². The second-order valence-corrected chi connectivity index (χ2v) is 9.72. The number of nitrogens with zero attached hydrogens (tertiary/aromatic N) is 2. The Morgan fingerprint density at radius 1 is 1.06 bits per heavy atom. The fraction of sp³-hybridized carbons (Fsp3) is 0.0435. The molecule has 13 heteroatoms. The first-order valence-corrected chi connectivity index (χ1v) is 11.8. The van der Waals surface area contributed by atoms with Gasteiger partial charge in [-0.3, -0.25) is 19.8 Å². The van der Waals surface area contributed by atoms with E-state index >= 15 is 0 Å². The molecule has 0 atom stereocenters. The number of thiocarbonyl (C=S) groups is 1. The number of amides is 1. The number of rotatable bonds is 5. The van der Waals surface area contributed by atoms with Crippen LogP contribution in [0.5, 0.6) is 11.5 Å². The quantitative estimate of drug-likeness (QED) is 0.133. The number of anilines is 1. The van der Waals surface area contributed by atoms with Crippen LogP contribution in [0.4, 0.5) is 24.5 Å². The van der Waals surface area contributed by atoms with Crippen LogP contribution >= 0.6 is 47.2 Å². The van der Waals surface area contributed by atoms with E-state index in [4.69, 9.17) is 40.2 Å². The molecule has 0 unspecified atom stereocenters. The number of thioether (sulfide) groups is 1. The zero-order valence-electron chi connectivity index (χ0n) is 17.6. The summed E-state index contributed by atoms with van der Waals surface area (Å²) in [7, 11) is 0. The van der Waals surface area contributed by atoms with Gasteiger partial charge in [0.25, 0.3) is 5.91 Å². The van der Waals surface area contributed by atoms with Gasteiger partial charge in [-0.25, -0.2) is 0 Å². The van der Waals surface area contributed by atoms with E-state index in [0.29, 0.717) is 33.3 Å². The molecule has 1 amide bonds. The van der Waals surface area contributed by atoms with Crippen molar-refractivity contribution in [1.82, 2.24) is 0 Å². The van der Waals surface area contributed by atoms with Crippen molar-refractivity contribution in [1.29, 1.82) is 0 Å². The van der Waals surface area contributed by atoms with E-state index in [1.807, 2.05) is 0 Å². The number of ether oxygens (including phenoxy) is 1. The summed E-state index contributed by atoms with van der Waals surface area (Å²) in [6.07, 6.45) is -3.20. The molecule has 3 aromatic carbocycles. The highest BCUT2D eigenvalue weighted by molar-refractivity contribution is 8.27. The van der Waals surface area contributed by atoms with Gasteiger partial charge in [-0.2, -0.15) is 13.2 Å². The van der Waals surface area contributed by atoms with Crippen LogP contribution in [0.15, 0.2) is 65.6 Å². The Balaban J connectivity index is 1.60. The standard InChI is InChI=1S/C23H11Cl2F3N2O4S2/c24-16-6-5-14(11-17(16)25)29-21(31)20(36-22(29)35)9-12-2-1-3-15(8-12)34-19-7-4-13(23(26,27)28)10-18(19)30(32)33/h1-11H/b20-9-. The zero-order chi connectivity index (χ0) is 26.2. The second kappa shape index (κ2) is 10.1. The number of nitro benzene ring substituents is 1. The summed E-state index contributed by atoms with van der Waals surface area (Å²) >= 11 is 18.4. The Bertz CT molecular complexity index is 1450. The van der Waals surface area contributed by atoms with Crippen LogP contribution in [0.3, 0.4) is 0 Å². The third-order valence-corrected chi connectivity index (χ3v) is 6.86. The SMILES string of the molecule is O=C1/C(=C/c2cccc(Oc3ccc(C(F)(F)F)cc3[N+](=O)[O-])c2)SC(=S)N1c1ccc(Cl)c(Cl)c1. The molecule has 0 saturated carbocycles. The summed E-state index contributed by atoms with van der Waals surface area (Å²) in [5.74, 6) is -0.643. The van der Waals surface area contributed by atoms with Gasteiger partial charge in [0.05, 0.1) is 31.1 Å². The lowest BCUT2D eigenvalue weighted by Crippen LogP contribution is -2.27. The molecule has 0 spiro atoms. The van der Waals surface area contributed by atoms with Gasteiger partial charge in [0.1, 0.15) is 5.75 Å². The van der Waals surface area contributed by atoms with Crippen molar-refractivity contribution in [2.45, 2.75) is 6.18 Å². The molecule has 184 valence electrons. The number of carbonyl (C=O) groups excluding carboxylic acids is 1. The maximum Gasteiger partial charge on any atom is 0.416 e. The molecule has 0 aliphatic carbocycles. The zero-order valence-corrected chi connectivity index (χ0v) is 20.7. The topological polar surface area (TPSA) is 72.7 Å². The minimum absolute atomic E-state index is 0.117. The maximum atomic E-state index is 13.0. The number of benzene rings is 3. The Morgan fingerprint density at radius 3 is 2.47 bits per heavy atom. The highest BCUT2D eigenvalue weighted by atomic mass is 35.5. The van der Waals surface area contributed by atoms with Crippen molar-refractivity contribution in [2.24, 2.45) is 0 Å². The van der Waals surface area contributed by atoms with Crippen LogP contribution in [0.25, 0.3) is 6.08 Å². The molecule has 1 saturated heterocycles.